The molecule has 0 aromatic heterocycles. The minimum atomic E-state index is -5.07. The Balaban J connectivity index is 2.50. The average Bonchev–Trinajstić information content (AvgIpc) is 2.79. The monoisotopic (exact) mass is 316 g/mol. The van der Waals surface area contributed by atoms with Crippen LogP contribution >= 0.6 is 0 Å². The first-order valence-corrected chi connectivity index (χ1v) is 6.60. The molecule has 1 heterocycles. The lowest BCUT2D eigenvalue weighted by atomic mass is 10.0. The van der Waals surface area contributed by atoms with E-state index in [0.29, 0.717) is 5.56 Å². The van der Waals surface area contributed by atoms with Gasteiger partial charge in [-0.05, 0) is 25.0 Å². The van der Waals surface area contributed by atoms with E-state index < -0.39 is 30.0 Å². The van der Waals surface area contributed by atoms with Crippen molar-refractivity contribution >= 4 is 11.6 Å². The molecule has 1 amide bonds. The number of carbonyl (C=O) groups is 1. The normalized spacial score (nSPS) is 21.9. The minimum absolute atomic E-state index is 0.0142. The highest BCUT2D eigenvalue weighted by molar-refractivity contribution is 6.00. The quantitative estimate of drug-likeness (QED) is 0.881. The highest BCUT2D eigenvalue weighted by atomic mass is 19.4. The molecule has 2 N–H and O–H groups in total. The Hall–Kier alpha value is -2.09. The lowest BCUT2D eigenvalue weighted by Gasteiger charge is -2.32. The minimum Gasteiger partial charge on any atom is -0.507 e. The Kier molecular flexibility index (Phi) is 3.90. The first-order valence-electron chi connectivity index (χ1n) is 6.60. The van der Waals surface area contributed by atoms with Crippen molar-refractivity contribution in [1.82, 2.24) is 5.01 Å². The van der Waals surface area contributed by atoms with Gasteiger partial charge in [-0.1, -0.05) is 19.1 Å². The molecule has 0 radical (unpaired) electrons. The largest absolute Gasteiger partial charge is 0.507 e. The highest BCUT2D eigenvalue weighted by Crippen LogP contribution is 2.42. The number of benzene rings is 1. The number of hydrogen-bond acceptors (Lipinski definition) is 4. The lowest BCUT2D eigenvalue weighted by Crippen LogP contribution is -2.56. The first kappa shape index (κ1) is 16.3. The zero-order valence-corrected chi connectivity index (χ0v) is 12.0. The molecule has 1 aliphatic heterocycles. The second kappa shape index (κ2) is 5.28. The van der Waals surface area contributed by atoms with Crippen LogP contribution in [0.2, 0.25) is 0 Å². The van der Waals surface area contributed by atoms with E-state index in [-0.39, 0.29) is 22.7 Å². The van der Waals surface area contributed by atoms with Gasteiger partial charge in [0.15, 0.2) is 0 Å². The van der Waals surface area contributed by atoms with E-state index in [1.807, 2.05) is 0 Å². The molecule has 1 atom stereocenters. The Morgan fingerprint density at radius 1 is 1.45 bits per heavy atom. The third-order valence-corrected chi connectivity index (χ3v) is 3.57. The van der Waals surface area contributed by atoms with Crippen LogP contribution in [0, 0.1) is 6.92 Å². The number of phenolic OH excluding ortho intramolecular Hbond substituents is 1. The summed E-state index contributed by atoms with van der Waals surface area (Å²) in [6.45, 7) is 3.08. The summed E-state index contributed by atoms with van der Waals surface area (Å²) in [5.74, 6) is -1.64. The van der Waals surface area contributed by atoms with E-state index in [9.17, 15) is 28.2 Å². The summed E-state index contributed by atoms with van der Waals surface area (Å²) in [6, 6.07) is 4.11. The molecule has 0 fully saturated rings. The predicted octanol–water partition coefficient (Wildman–Crippen LogP) is 2.56. The van der Waals surface area contributed by atoms with Crippen LogP contribution in [0.15, 0.2) is 23.3 Å². The number of amides is 1. The average molecular weight is 316 g/mol. The van der Waals surface area contributed by atoms with Crippen LogP contribution < -0.4 is 0 Å². The van der Waals surface area contributed by atoms with Gasteiger partial charge < -0.3 is 10.2 Å². The van der Waals surface area contributed by atoms with Crippen molar-refractivity contribution in [1.29, 1.82) is 0 Å². The van der Waals surface area contributed by atoms with E-state index in [0.717, 1.165) is 0 Å². The van der Waals surface area contributed by atoms with Crippen LogP contribution in [0.4, 0.5) is 13.2 Å². The van der Waals surface area contributed by atoms with E-state index >= 15 is 0 Å². The highest BCUT2D eigenvalue weighted by Gasteiger charge is 2.63. The summed E-state index contributed by atoms with van der Waals surface area (Å²) in [5, 5.41) is 23.4. The first-order chi connectivity index (χ1) is 10.1. The zero-order chi connectivity index (χ0) is 16.7. The molecular weight excluding hydrogens is 301 g/mol. The Bertz CT molecular complexity index is 643. The van der Waals surface area contributed by atoms with Crippen LogP contribution in [0.1, 0.15) is 35.7 Å². The fraction of sp³-hybridized carbons (Fsp3) is 0.429. The van der Waals surface area contributed by atoms with Gasteiger partial charge in [0, 0.05) is 12.1 Å². The molecular formula is C14H15F3N2O3. The van der Waals surface area contributed by atoms with Crippen molar-refractivity contribution in [3.05, 3.63) is 29.3 Å². The molecule has 0 saturated carbocycles. The molecule has 120 valence electrons. The molecule has 8 heteroatoms. The topological polar surface area (TPSA) is 73.1 Å². The maximum Gasteiger partial charge on any atom is 0.438 e. The molecule has 5 nitrogen and oxygen atoms in total. The van der Waals surface area contributed by atoms with Gasteiger partial charge in [-0.3, -0.25) is 4.79 Å². The zero-order valence-electron chi connectivity index (χ0n) is 12.0. The van der Waals surface area contributed by atoms with Crippen molar-refractivity contribution in [2.45, 2.75) is 38.6 Å². The fourth-order valence-electron chi connectivity index (χ4n) is 2.19. The van der Waals surface area contributed by atoms with Gasteiger partial charge in [-0.2, -0.15) is 23.3 Å². The smallest absolute Gasteiger partial charge is 0.438 e. The Morgan fingerprint density at radius 2 is 2.09 bits per heavy atom. The van der Waals surface area contributed by atoms with Crippen LogP contribution in [0.3, 0.4) is 0 Å². The lowest BCUT2D eigenvalue weighted by molar-refractivity contribution is -0.297. The summed E-state index contributed by atoms with van der Waals surface area (Å²) >= 11 is 0. The number of carbonyl (C=O) groups excluding carboxylic acids is 1. The summed E-state index contributed by atoms with van der Waals surface area (Å²) in [4.78, 5) is 12.3. The van der Waals surface area contributed by atoms with Crippen molar-refractivity contribution in [3.8, 4) is 5.75 Å². The number of aryl methyl sites for hydroxylation is 1. The number of aliphatic hydroxyl groups is 1. The number of hydrogen-bond donors (Lipinski definition) is 2. The number of phenols is 1. The van der Waals surface area contributed by atoms with Crippen LogP contribution in [-0.2, 0) is 0 Å². The van der Waals surface area contributed by atoms with Gasteiger partial charge >= 0.3 is 6.18 Å². The predicted molar refractivity (Wildman–Crippen MR) is 72.4 cm³/mol. The van der Waals surface area contributed by atoms with Gasteiger partial charge in [0.2, 0.25) is 0 Å². The van der Waals surface area contributed by atoms with E-state index in [4.69, 9.17) is 0 Å². The van der Waals surface area contributed by atoms with E-state index in [2.05, 4.69) is 5.10 Å². The van der Waals surface area contributed by atoms with Gasteiger partial charge in [-0.25, -0.2) is 0 Å². The molecule has 0 bridgehead atoms. The van der Waals surface area contributed by atoms with Crippen LogP contribution in [0.25, 0.3) is 0 Å². The Morgan fingerprint density at radius 3 is 2.64 bits per heavy atom. The third kappa shape index (κ3) is 2.43. The van der Waals surface area contributed by atoms with Gasteiger partial charge in [0.1, 0.15) is 5.75 Å². The van der Waals surface area contributed by atoms with Crippen molar-refractivity contribution in [2.24, 2.45) is 5.10 Å². The number of nitrogens with zero attached hydrogens (tertiary/aromatic N) is 2. The van der Waals surface area contributed by atoms with Gasteiger partial charge in [0.25, 0.3) is 11.6 Å². The molecule has 1 aromatic rings. The maximum atomic E-state index is 13.2. The second-order valence-electron chi connectivity index (χ2n) is 5.10. The van der Waals surface area contributed by atoms with Crippen molar-refractivity contribution in [3.63, 3.8) is 0 Å². The summed E-state index contributed by atoms with van der Waals surface area (Å²) < 4.78 is 39.5. The molecule has 1 aliphatic rings. The van der Waals surface area contributed by atoms with Crippen LogP contribution in [0.5, 0.6) is 5.75 Å². The SMILES string of the molecule is CCC1=NN(C(=O)c2cccc(C)c2O)[C@](O)(C(F)(F)F)C1. The number of aromatic hydroxyl groups is 1. The molecule has 0 aliphatic carbocycles. The molecule has 0 saturated heterocycles. The van der Waals surface area contributed by atoms with Crippen molar-refractivity contribution in [2.75, 3.05) is 0 Å². The van der Waals surface area contributed by atoms with Gasteiger partial charge in [0.05, 0.1) is 5.56 Å². The molecule has 22 heavy (non-hydrogen) atoms. The standard InChI is InChI=1S/C14H15F3N2O3/c1-3-9-7-13(22,14(15,16)17)19(18-9)12(21)10-6-4-5-8(2)11(10)20/h4-6,20,22H,3,7H2,1-2H3/t13-/m1/s1. The van der Waals surface area contributed by atoms with E-state index in [1.54, 1.807) is 6.92 Å². The molecule has 1 aromatic carbocycles. The molecule has 0 spiro atoms. The summed E-state index contributed by atoms with van der Waals surface area (Å²) in [6.07, 6.45) is -5.70. The molecule has 2 rings (SSSR count). The summed E-state index contributed by atoms with van der Waals surface area (Å²) in [5.41, 5.74) is -3.35. The number of hydrazone groups is 1. The van der Waals surface area contributed by atoms with Crippen LogP contribution in [-0.4, -0.2) is 38.7 Å². The number of para-hydroxylation sites is 1. The molecule has 0 unspecified atom stereocenters. The van der Waals surface area contributed by atoms with Gasteiger partial charge in [-0.15, -0.1) is 0 Å². The number of rotatable bonds is 2. The second-order valence-corrected chi connectivity index (χ2v) is 5.10. The van der Waals surface area contributed by atoms with E-state index in [1.165, 1.54) is 25.1 Å². The third-order valence-electron chi connectivity index (χ3n) is 3.57. The number of halogens is 3. The summed E-state index contributed by atoms with van der Waals surface area (Å²) in [7, 11) is 0. The maximum absolute atomic E-state index is 13.2. The Labute approximate surface area is 124 Å². The number of alkyl halides is 3. The van der Waals surface area contributed by atoms with Crippen molar-refractivity contribution < 1.29 is 28.2 Å². The fourth-order valence-corrected chi connectivity index (χ4v) is 2.19.